The Bertz CT molecular complexity index is 1950. The van der Waals surface area contributed by atoms with E-state index in [1.165, 1.54) is 167 Å². The van der Waals surface area contributed by atoms with Gasteiger partial charge in [-0.15, -0.1) is 0 Å². The second-order valence-corrected chi connectivity index (χ2v) is 27.1. The van der Waals surface area contributed by atoms with E-state index in [0.29, 0.717) is 12.8 Å². The maximum atomic E-state index is 13.4. The topological polar surface area (TPSA) is 307 Å². The molecule has 19 heteroatoms. The van der Waals surface area contributed by atoms with Crippen molar-refractivity contribution in [2.24, 2.45) is 0 Å². The van der Waals surface area contributed by atoms with Crippen LogP contribution in [0.4, 0.5) is 0 Å². The summed E-state index contributed by atoms with van der Waals surface area (Å²) in [6, 6.07) is -0.999. The number of aliphatic hydroxyl groups excluding tert-OH is 11. The zero-order chi connectivity index (χ0) is 68.9. The fourth-order valence-electron chi connectivity index (χ4n) is 12.7. The molecule has 3 rings (SSSR count). The van der Waals surface area contributed by atoms with Crippen LogP contribution < -0.4 is 5.32 Å². The Balaban J connectivity index is 1.38. The summed E-state index contributed by atoms with van der Waals surface area (Å²) < 4.78 is 34.4. The highest BCUT2D eigenvalue weighted by atomic mass is 16.8. The van der Waals surface area contributed by atoms with Crippen molar-refractivity contribution in [1.82, 2.24) is 5.32 Å². The van der Waals surface area contributed by atoms with Crippen LogP contribution in [0.2, 0.25) is 0 Å². The molecule has 3 aliphatic rings. The predicted molar refractivity (Wildman–Crippen MR) is 374 cm³/mol. The highest BCUT2D eigenvalue weighted by Crippen LogP contribution is 2.33. The molecule has 3 heterocycles. The van der Waals surface area contributed by atoms with Crippen LogP contribution in [0.3, 0.4) is 0 Å². The van der Waals surface area contributed by atoms with Gasteiger partial charge >= 0.3 is 0 Å². The van der Waals surface area contributed by atoms with Crippen LogP contribution in [0.25, 0.3) is 0 Å². The minimum absolute atomic E-state index is 0.222. The predicted octanol–water partition coefficient (Wildman–Crippen LogP) is 11.5. The molecule has 3 aliphatic heterocycles. The number of aliphatic hydroxyl groups is 11. The van der Waals surface area contributed by atoms with Gasteiger partial charge < -0.3 is 89.9 Å². The summed E-state index contributed by atoms with van der Waals surface area (Å²) in [7, 11) is 0. The lowest BCUT2D eigenvalue weighted by atomic mass is 9.96. The molecule has 3 fully saturated rings. The number of unbranched alkanes of at least 4 members (excludes halogenated alkanes) is 35. The maximum Gasteiger partial charge on any atom is 0.220 e. The molecule has 0 bridgehead atoms. The van der Waals surface area contributed by atoms with Gasteiger partial charge in [0.2, 0.25) is 5.91 Å². The van der Waals surface area contributed by atoms with E-state index in [0.717, 1.165) is 83.5 Å². The third-order valence-corrected chi connectivity index (χ3v) is 18.8. The first-order valence-electron chi connectivity index (χ1n) is 38.0. The number of rotatable bonds is 59. The highest BCUT2D eigenvalue weighted by Gasteiger charge is 2.53. The lowest BCUT2D eigenvalue weighted by Crippen LogP contribution is -2.66. The van der Waals surface area contributed by atoms with Crippen LogP contribution in [0.1, 0.15) is 284 Å². The lowest BCUT2D eigenvalue weighted by Gasteiger charge is -2.48. The van der Waals surface area contributed by atoms with E-state index in [9.17, 15) is 61.0 Å². The molecular formula is C76H137NO18. The van der Waals surface area contributed by atoms with E-state index in [1.54, 1.807) is 6.08 Å². The summed E-state index contributed by atoms with van der Waals surface area (Å²) in [5.41, 5.74) is 0. The molecule has 3 saturated heterocycles. The fourth-order valence-corrected chi connectivity index (χ4v) is 12.7. The smallest absolute Gasteiger partial charge is 0.220 e. The molecule has 17 atom stereocenters. The van der Waals surface area contributed by atoms with Crippen LogP contribution >= 0.6 is 0 Å². The maximum absolute atomic E-state index is 13.4. The third kappa shape index (κ3) is 38.2. The van der Waals surface area contributed by atoms with Gasteiger partial charge in [0.1, 0.15) is 73.2 Å². The van der Waals surface area contributed by atoms with Gasteiger partial charge in [0, 0.05) is 6.42 Å². The van der Waals surface area contributed by atoms with Crippen molar-refractivity contribution in [3.05, 3.63) is 60.8 Å². The second-order valence-electron chi connectivity index (χ2n) is 27.1. The Morgan fingerprint density at radius 3 is 1.18 bits per heavy atom. The number of nitrogens with one attached hydrogen (secondary N) is 1. The summed E-state index contributed by atoms with van der Waals surface area (Å²) in [6.45, 7) is 1.62. The molecule has 0 aromatic heterocycles. The molecule has 12 N–H and O–H groups in total. The van der Waals surface area contributed by atoms with Gasteiger partial charge in [0.25, 0.3) is 0 Å². The Morgan fingerprint density at radius 1 is 0.389 bits per heavy atom. The normalized spacial score (nSPS) is 27.5. The molecule has 0 aliphatic carbocycles. The molecular weight excluding hydrogens is 1210 g/mol. The quantitative estimate of drug-likeness (QED) is 0.0199. The van der Waals surface area contributed by atoms with E-state index in [4.69, 9.17) is 28.4 Å². The summed E-state index contributed by atoms with van der Waals surface area (Å²) in [4.78, 5) is 13.4. The third-order valence-electron chi connectivity index (χ3n) is 18.8. The molecule has 0 aromatic rings. The molecule has 554 valence electrons. The number of hydrogen-bond donors (Lipinski definition) is 12. The first-order valence-corrected chi connectivity index (χ1v) is 38.0. The number of carbonyl (C=O) groups is 1. The van der Waals surface area contributed by atoms with Crippen molar-refractivity contribution < 1.29 is 89.4 Å². The first kappa shape index (κ1) is 86.7. The number of hydrogen-bond acceptors (Lipinski definition) is 18. The number of amides is 1. The fraction of sp³-hybridized carbons (Fsp3) is 0.855. The monoisotopic (exact) mass is 1350 g/mol. The van der Waals surface area contributed by atoms with Crippen molar-refractivity contribution in [3.63, 3.8) is 0 Å². The zero-order valence-corrected chi connectivity index (χ0v) is 58.9. The lowest BCUT2D eigenvalue weighted by molar-refractivity contribution is -0.379. The number of allylic oxidation sites excluding steroid dienone is 9. The Labute approximate surface area is 573 Å². The average molecular weight is 1350 g/mol. The van der Waals surface area contributed by atoms with E-state index >= 15 is 0 Å². The largest absolute Gasteiger partial charge is 0.394 e. The van der Waals surface area contributed by atoms with Crippen LogP contribution in [-0.4, -0.2) is 193 Å². The van der Waals surface area contributed by atoms with E-state index in [2.05, 4.69) is 67.8 Å². The number of carbonyl (C=O) groups excluding carboxylic acids is 1. The molecule has 0 saturated carbocycles. The van der Waals surface area contributed by atoms with Gasteiger partial charge in [0.15, 0.2) is 18.9 Å². The molecule has 17 unspecified atom stereocenters. The SMILES string of the molecule is CC/C=C\C/C=C\C/C=C\CCCCCCCCCC(=O)NC(COC1OC(CO)C(OC2OC(CO)C(OC3OC(CO)C(O)C(O)C3O)C(O)C2O)C(O)C1O)C(O)/C=C/CC/C=C/CCCCCCCCCCCCCCCCCCCCCCCCCCCCC. The minimum Gasteiger partial charge on any atom is -0.394 e. The van der Waals surface area contributed by atoms with E-state index < -0.39 is 124 Å². The number of ether oxygens (including phenoxy) is 6. The molecule has 0 aromatic carbocycles. The molecule has 95 heavy (non-hydrogen) atoms. The van der Waals surface area contributed by atoms with Crippen molar-refractivity contribution in [3.8, 4) is 0 Å². The van der Waals surface area contributed by atoms with Crippen LogP contribution in [-0.2, 0) is 33.2 Å². The summed E-state index contributed by atoms with van der Waals surface area (Å²) >= 11 is 0. The van der Waals surface area contributed by atoms with Gasteiger partial charge in [-0.2, -0.15) is 0 Å². The van der Waals surface area contributed by atoms with Crippen molar-refractivity contribution >= 4 is 5.91 Å². The van der Waals surface area contributed by atoms with Gasteiger partial charge in [0.05, 0.1) is 38.6 Å². The van der Waals surface area contributed by atoms with Gasteiger partial charge in [-0.25, -0.2) is 0 Å². The summed E-state index contributed by atoms with van der Waals surface area (Å²) in [6.07, 6.45) is 45.1. The van der Waals surface area contributed by atoms with Gasteiger partial charge in [-0.3, -0.25) is 4.79 Å². The van der Waals surface area contributed by atoms with Gasteiger partial charge in [-0.1, -0.05) is 274 Å². The summed E-state index contributed by atoms with van der Waals surface area (Å²) in [5.74, 6) is -0.295. The first-order chi connectivity index (χ1) is 46.3. The van der Waals surface area contributed by atoms with Crippen LogP contribution in [0, 0.1) is 0 Å². The molecule has 1 amide bonds. The van der Waals surface area contributed by atoms with Crippen molar-refractivity contribution in [2.75, 3.05) is 26.4 Å². The highest BCUT2D eigenvalue weighted by molar-refractivity contribution is 5.76. The van der Waals surface area contributed by atoms with Crippen LogP contribution in [0.15, 0.2) is 60.8 Å². The van der Waals surface area contributed by atoms with E-state index in [1.807, 2.05) is 6.08 Å². The van der Waals surface area contributed by atoms with E-state index in [-0.39, 0.29) is 18.9 Å². The Morgan fingerprint density at radius 2 is 0.737 bits per heavy atom. The zero-order valence-electron chi connectivity index (χ0n) is 58.9. The van der Waals surface area contributed by atoms with Crippen LogP contribution in [0.5, 0.6) is 0 Å². The minimum atomic E-state index is -1.98. The standard InChI is InChI=1S/C76H137NO18/c1-3-5-7-9-11-13-15-17-19-21-22-23-24-25-26-27-28-29-30-31-32-33-34-35-36-38-39-41-43-45-47-49-51-53-60(81)59(77-64(82)54-52-50-48-46-44-42-40-37-20-18-16-14-12-10-8-6-4-2)58-90-74-70(88)67(85)72(62(56-79)92-74)95-76-71(89)68(86)73(63(57-80)93-76)94-75-69(87)66(84)65(83)61(55-78)91-75/h6,8,12,14,18,20,43,45,51,53,59-63,65-76,78-81,83-89H,3-5,7,9-11,13,15-17,19,21-42,44,46-50,52,54-58H2,1-2H3,(H,77,82)/b8-6-,14-12-,20-18-,45-43+,53-51+. The van der Waals surface area contributed by atoms with Gasteiger partial charge in [-0.05, 0) is 64.2 Å². The molecule has 0 spiro atoms. The summed E-state index contributed by atoms with van der Waals surface area (Å²) in [5, 5.41) is 121. The Kier molecular flexibility index (Phi) is 52.2. The average Bonchev–Trinajstić information content (AvgIpc) is 0.787. The Hall–Kier alpha value is -2.51. The molecule has 19 nitrogen and oxygen atoms in total. The molecule has 0 radical (unpaired) electrons. The van der Waals surface area contributed by atoms with Crippen molar-refractivity contribution in [1.29, 1.82) is 0 Å². The second kappa shape index (κ2) is 57.2. The van der Waals surface area contributed by atoms with Crippen molar-refractivity contribution in [2.45, 2.75) is 388 Å².